The van der Waals surface area contributed by atoms with Crippen molar-refractivity contribution in [3.63, 3.8) is 0 Å². The predicted octanol–water partition coefficient (Wildman–Crippen LogP) is 0.0880. The van der Waals surface area contributed by atoms with Crippen molar-refractivity contribution in [1.29, 1.82) is 0 Å². The van der Waals surface area contributed by atoms with E-state index in [-0.39, 0.29) is 6.61 Å². The fourth-order valence-electron chi connectivity index (χ4n) is 2.31. The van der Waals surface area contributed by atoms with E-state index in [1.165, 1.54) is 0 Å². The Labute approximate surface area is 157 Å². The van der Waals surface area contributed by atoms with Gasteiger partial charge in [0.05, 0.1) is 5.41 Å². The predicted molar refractivity (Wildman–Crippen MR) is 88.0 cm³/mol. The standard InChI is InChI=1S/C17H26O10/c1-8(18)23-7-11-12(24-9(2)19)13(25-10(3)20)14(15(21)26-11)27-16(22)17(4,5)6/h11-15,21H,7H2,1-6H3/t11-,12+,13+,14-,15+/m1/s1. The molecule has 1 aliphatic rings. The first kappa shape index (κ1) is 22.8. The smallest absolute Gasteiger partial charge is 0.311 e. The van der Waals surface area contributed by atoms with E-state index in [0.717, 1.165) is 20.8 Å². The maximum Gasteiger partial charge on any atom is 0.311 e. The first-order valence-corrected chi connectivity index (χ1v) is 8.35. The van der Waals surface area contributed by atoms with Gasteiger partial charge in [0.15, 0.2) is 24.6 Å². The lowest BCUT2D eigenvalue weighted by Crippen LogP contribution is -2.62. The summed E-state index contributed by atoms with van der Waals surface area (Å²) in [6.45, 7) is 7.81. The summed E-state index contributed by atoms with van der Waals surface area (Å²) in [4.78, 5) is 46.3. The molecule has 1 fully saturated rings. The minimum absolute atomic E-state index is 0.373. The molecule has 0 aliphatic carbocycles. The van der Waals surface area contributed by atoms with E-state index in [9.17, 15) is 24.3 Å². The van der Waals surface area contributed by atoms with Crippen LogP contribution in [-0.2, 0) is 42.9 Å². The molecule has 1 saturated heterocycles. The van der Waals surface area contributed by atoms with Crippen LogP contribution in [-0.4, -0.2) is 66.3 Å². The average molecular weight is 390 g/mol. The Hall–Kier alpha value is -2.20. The van der Waals surface area contributed by atoms with Crippen molar-refractivity contribution in [2.45, 2.75) is 72.2 Å². The molecule has 0 unspecified atom stereocenters. The Bertz CT molecular complexity index is 579. The van der Waals surface area contributed by atoms with Crippen LogP contribution in [0.25, 0.3) is 0 Å². The molecule has 1 rings (SSSR count). The van der Waals surface area contributed by atoms with E-state index in [1.807, 2.05) is 0 Å². The third kappa shape index (κ3) is 6.79. The molecule has 154 valence electrons. The third-order valence-corrected chi connectivity index (χ3v) is 3.52. The molecule has 0 amide bonds. The van der Waals surface area contributed by atoms with Crippen LogP contribution in [0.5, 0.6) is 0 Å². The second-order valence-corrected chi connectivity index (χ2v) is 7.14. The fourth-order valence-corrected chi connectivity index (χ4v) is 2.31. The summed E-state index contributed by atoms with van der Waals surface area (Å²) in [5.41, 5.74) is -0.911. The van der Waals surface area contributed by atoms with Gasteiger partial charge in [0.2, 0.25) is 0 Å². The molecular weight excluding hydrogens is 364 g/mol. The molecule has 1 N–H and O–H groups in total. The number of esters is 4. The Kier molecular flexibility index (Phi) is 7.73. The lowest BCUT2D eigenvalue weighted by molar-refractivity contribution is -0.297. The Morgan fingerprint density at radius 3 is 1.81 bits per heavy atom. The molecule has 0 aromatic heterocycles. The SMILES string of the molecule is CC(=O)OC[C@H]1O[C@H](O)[C@H](OC(=O)C(C)(C)C)[C@@H](OC(C)=O)[C@H]1OC(C)=O. The first-order valence-electron chi connectivity index (χ1n) is 8.35. The van der Waals surface area contributed by atoms with Crippen molar-refractivity contribution in [2.75, 3.05) is 6.61 Å². The number of aliphatic hydroxyl groups is 1. The minimum atomic E-state index is -1.70. The number of aliphatic hydroxyl groups excluding tert-OH is 1. The number of hydrogen-bond acceptors (Lipinski definition) is 10. The van der Waals surface area contributed by atoms with Gasteiger partial charge in [0.25, 0.3) is 0 Å². The molecule has 10 heteroatoms. The molecule has 27 heavy (non-hydrogen) atoms. The van der Waals surface area contributed by atoms with Crippen molar-refractivity contribution in [2.24, 2.45) is 5.41 Å². The molecule has 0 aromatic rings. The number of hydrogen-bond donors (Lipinski definition) is 1. The Morgan fingerprint density at radius 2 is 1.37 bits per heavy atom. The van der Waals surface area contributed by atoms with Crippen molar-refractivity contribution in [3.8, 4) is 0 Å². The van der Waals surface area contributed by atoms with Gasteiger partial charge in [-0.15, -0.1) is 0 Å². The van der Waals surface area contributed by atoms with E-state index in [2.05, 4.69) is 0 Å². The molecule has 1 aliphatic heterocycles. The average Bonchev–Trinajstić information content (AvgIpc) is 2.49. The molecule has 10 nitrogen and oxygen atoms in total. The number of carbonyl (C=O) groups is 4. The summed E-state index contributed by atoms with van der Waals surface area (Å²) in [6, 6.07) is 0. The summed E-state index contributed by atoms with van der Waals surface area (Å²) >= 11 is 0. The van der Waals surface area contributed by atoms with Crippen molar-refractivity contribution < 1.29 is 48.0 Å². The van der Waals surface area contributed by atoms with Gasteiger partial charge in [-0.3, -0.25) is 19.2 Å². The lowest BCUT2D eigenvalue weighted by atomic mass is 9.95. The zero-order chi connectivity index (χ0) is 20.9. The first-order chi connectivity index (χ1) is 12.3. The van der Waals surface area contributed by atoms with Gasteiger partial charge >= 0.3 is 23.9 Å². The highest BCUT2D eigenvalue weighted by molar-refractivity contribution is 5.75. The van der Waals surface area contributed by atoms with E-state index in [4.69, 9.17) is 23.7 Å². The number of ether oxygens (including phenoxy) is 5. The lowest BCUT2D eigenvalue weighted by Gasteiger charge is -2.43. The van der Waals surface area contributed by atoms with Crippen LogP contribution in [0.2, 0.25) is 0 Å². The molecule has 0 aromatic carbocycles. The number of carbonyl (C=O) groups excluding carboxylic acids is 4. The van der Waals surface area contributed by atoms with Crippen LogP contribution in [0.3, 0.4) is 0 Å². The van der Waals surface area contributed by atoms with Gasteiger partial charge in [-0.25, -0.2) is 0 Å². The minimum Gasteiger partial charge on any atom is -0.463 e. The van der Waals surface area contributed by atoms with Crippen molar-refractivity contribution in [1.82, 2.24) is 0 Å². The maximum absolute atomic E-state index is 12.2. The fraction of sp³-hybridized carbons (Fsp3) is 0.765. The van der Waals surface area contributed by atoms with Gasteiger partial charge in [-0.05, 0) is 20.8 Å². The van der Waals surface area contributed by atoms with Gasteiger partial charge in [0, 0.05) is 20.8 Å². The van der Waals surface area contributed by atoms with Crippen LogP contribution in [0.4, 0.5) is 0 Å². The quantitative estimate of drug-likeness (QED) is 0.508. The van der Waals surface area contributed by atoms with E-state index in [1.54, 1.807) is 20.8 Å². The van der Waals surface area contributed by atoms with Crippen LogP contribution < -0.4 is 0 Å². The van der Waals surface area contributed by atoms with E-state index < -0.39 is 60.0 Å². The monoisotopic (exact) mass is 390 g/mol. The summed E-state index contributed by atoms with van der Waals surface area (Å²) in [7, 11) is 0. The normalized spacial score (nSPS) is 28.0. The highest BCUT2D eigenvalue weighted by Gasteiger charge is 2.52. The molecule has 0 bridgehead atoms. The molecule has 5 atom stereocenters. The zero-order valence-electron chi connectivity index (χ0n) is 16.2. The van der Waals surface area contributed by atoms with Crippen molar-refractivity contribution in [3.05, 3.63) is 0 Å². The van der Waals surface area contributed by atoms with Crippen LogP contribution in [0, 0.1) is 5.41 Å². The molecule has 0 saturated carbocycles. The van der Waals surface area contributed by atoms with Gasteiger partial charge in [-0.2, -0.15) is 0 Å². The van der Waals surface area contributed by atoms with Crippen molar-refractivity contribution >= 4 is 23.9 Å². The molecule has 0 radical (unpaired) electrons. The topological polar surface area (TPSA) is 135 Å². The summed E-state index contributed by atoms with van der Waals surface area (Å²) < 4.78 is 25.8. The summed E-state index contributed by atoms with van der Waals surface area (Å²) in [5.74, 6) is -2.80. The van der Waals surface area contributed by atoms with Gasteiger partial charge < -0.3 is 28.8 Å². The van der Waals surface area contributed by atoms with Crippen LogP contribution in [0.1, 0.15) is 41.5 Å². The van der Waals surface area contributed by atoms with E-state index in [0.29, 0.717) is 0 Å². The maximum atomic E-state index is 12.2. The van der Waals surface area contributed by atoms with Crippen LogP contribution >= 0.6 is 0 Å². The highest BCUT2D eigenvalue weighted by atomic mass is 16.7. The molecule has 1 heterocycles. The molecule has 0 spiro atoms. The zero-order valence-corrected chi connectivity index (χ0v) is 16.2. The Balaban J connectivity index is 3.18. The largest absolute Gasteiger partial charge is 0.463 e. The molecular formula is C17H26O10. The van der Waals surface area contributed by atoms with E-state index >= 15 is 0 Å². The Morgan fingerprint density at radius 1 is 0.852 bits per heavy atom. The number of rotatable bonds is 5. The second kappa shape index (κ2) is 9.14. The second-order valence-electron chi connectivity index (χ2n) is 7.14. The van der Waals surface area contributed by atoms with Gasteiger partial charge in [0.1, 0.15) is 12.7 Å². The summed E-state index contributed by atoms with van der Waals surface area (Å²) in [5, 5.41) is 10.3. The van der Waals surface area contributed by atoms with Gasteiger partial charge in [-0.1, -0.05) is 0 Å². The summed E-state index contributed by atoms with van der Waals surface area (Å²) in [6.07, 6.45) is -6.91. The third-order valence-electron chi connectivity index (χ3n) is 3.52. The highest BCUT2D eigenvalue weighted by Crippen LogP contribution is 2.29. The van der Waals surface area contributed by atoms with Crippen LogP contribution in [0.15, 0.2) is 0 Å².